The van der Waals surface area contributed by atoms with Crippen LogP contribution in [0.25, 0.3) is 0 Å². The van der Waals surface area contributed by atoms with Gasteiger partial charge < -0.3 is 15.7 Å². The van der Waals surface area contributed by atoms with Crippen molar-refractivity contribution in [3.05, 3.63) is 16.1 Å². The van der Waals surface area contributed by atoms with Gasteiger partial charge in [0, 0.05) is 23.3 Å². The van der Waals surface area contributed by atoms with Crippen LogP contribution < -0.4 is 10.6 Å². The van der Waals surface area contributed by atoms with Crippen molar-refractivity contribution in [2.75, 3.05) is 6.54 Å². The van der Waals surface area contributed by atoms with Crippen LogP contribution in [0.4, 0.5) is 4.79 Å². The summed E-state index contributed by atoms with van der Waals surface area (Å²) in [7, 11) is 0. The first-order valence-electron chi connectivity index (χ1n) is 8.05. The molecule has 1 fully saturated rings. The maximum atomic E-state index is 11.9. The van der Waals surface area contributed by atoms with Gasteiger partial charge in [-0.05, 0) is 12.8 Å². The Morgan fingerprint density at radius 2 is 2.27 bits per heavy atom. The number of aromatic nitrogens is 1. The Morgan fingerprint density at radius 3 is 2.91 bits per heavy atom. The molecule has 3 N–H and O–H groups in total. The van der Waals surface area contributed by atoms with Crippen LogP contribution in [0.1, 0.15) is 63.1 Å². The summed E-state index contributed by atoms with van der Waals surface area (Å²) in [6, 6.07) is -0.196. The molecular formula is C16H27N3O2S. The van der Waals surface area contributed by atoms with Crippen molar-refractivity contribution < 1.29 is 9.90 Å². The lowest BCUT2D eigenvalue weighted by Gasteiger charge is -2.38. The molecule has 1 aromatic heterocycles. The average Bonchev–Trinajstić information content (AvgIpc) is 2.96. The molecule has 2 unspecified atom stereocenters. The molecule has 6 heteroatoms. The van der Waals surface area contributed by atoms with Gasteiger partial charge in [-0.3, -0.25) is 0 Å². The molecule has 22 heavy (non-hydrogen) atoms. The van der Waals surface area contributed by atoms with Crippen molar-refractivity contribution in [2.45, 2.75) is 65.0 Å². The maximum Gasteiger partial charge on any atom is 0.315 e. The van der Waals surface area contributed by atoms with E-state index < -0.39 is 0 Å². The summed E-state index contributed by atoms with van der Waals surface area (Å²) in [4.78, 5) is 16.4. The number of nitrogens with zero attached hydrogens (tertiary/aromatic N) is 1. The molecule has 1 aromatic rings. The van der Waals surface area contributed by atoms with Gasteiger partial charge in [0.25, 0.3) is 0 Å². The lowest BCUT2D eigenvalue weighted by atomic mass is 9.73. The van der Waals surface area contributed by atoms with Crippen LogP contribution in [-0.2, 0) is 6.54 Å². The fourth-order valence-corrected chi connectivity index (χ4v) is 3.61. The Morgan fingerprint density at radius 1 is 1.50 bits per heavy atom. The number of carbonyl (C=O) groups is 1. The molecular weight excluding hydrogens is 298 g/mol. The molecule has 2 atom stereocenters. The van der Waals surface area contributed by atoms with Gasteiger partial charge in [0.2, 0.25) is 0 Å². The van der Waals surface area contributed by atoms with E-state index in [0.29, 0.717) is 19.0 Å². The van der Waals surface area contributed by atoms with Gasteiger partial charge in [-0.2, -0.15) is 0 Å². The Hall–Kier alpha value is -1.14. The molecule has 0 saturated heterocycles. The Bertz CT molecular complexity index is 503. The molecule has 1 heterocycles. The molecule has 0 bridgehead atoms. The molecule has 0 radical (unpaired) electrons. The van der Waals surface area contributed by atoms with Gasteiger partial charge in [-0.1, -0.05) is 33.6 Å². The highest BCUT2D eigenvalue weighted by Gasteiger charge is 2.35. The van der Waals surface area contributed by atoms with Crippen molar-refractivity contribution in [1.29, 1.82) is 0 Å². The highest BCUT2D eigenvalue weighted by atomic mass is 32.1. The summed E-state index contributed by atoms with van der Waals surface area (Å²) >= 11 is 1.63. The first-order chi connectivity index (χ1) is 10.4. The maximum absolute atomic E-state index is 11.9. The predicted molar refractivity (Wildman–Crippen MR) is 89.0 cm³/mol. The number of urea groups is 1. The molecule has 0 spiro atoms. The summed E-state index contributed by atoms with van der Waals surface area (Å²) in [5.41, 5.74) is 0.689. The first kappa shape index (κ1) is 17.2. The first-order valence-corrected chi connectivity index (χ1v) is 8.93. The Labute approximate surface area is 136 Å². The second-order valence-corrected chi connectivity index (χ2v) is 7.67. The third-order valence-electron chi connectivity index (χ3n) is 4.43. The third kappa shape index (κ3) is 4.43. The summed E-state index contributed by atoms with van der Waals surface area (Å²) < 4.78 is 0. The van der Waals surface area contributed by atoms with E-state index >= 15 is 0 Å². The smallest absolute Gasteiger partial charge is 0.315 e. The normalized spacial score (nSPS) is 25.2. The van der Waals surface area contributed by atoms with Crippen LogP contribution in [0.5, 0.6) is 0 Å². The standard InChI is InChI=1S/C16H27N3O2S/c1-11(2)14-19-12(9-22-14)8-17-15(21)18-10-16(3)7-5-4-6-13(16)20/h9,11,13,20H,4-8,10H2,1-3H3,(H2,17,18,21). The number of thiazole rings is 1. The third-order valence-corrected chi connectivity index (χ3v) is 5.62. The quantitative estimate of drug-likeness (QED) is 0.779. The summed E-state index contributed by atoms with van der Waals surface area (Å²) in [5, 5.41) is 18.9. The molecule has 1 aliphatic carbocycles. The zero-order chi connectivity index (χ0) is 16.2. The van der Waals surface area contributed by atoms with E-state index in [9.17, 15) is 9.90 Å². The van der Waals surface area contributed by atoms with Crippen LogP contribution in [-0.4, -0.2) is 28.8 Å². The minimum atomic E-state index is -0.325. The number of hydrogen-bond donors (Lipinski definition) is 3. The van der Waals surface area contributed by atoms with E-state index in [4.69, 9.17) is 0 Å². The molecule has 0 aromatic carbocycles. The molecule has 2 amide bonds. The predicted octanol–water partition coefficient (Wildman–Crippen LogP) is 3.01. The van der Waals surface area contributed by atoms with Gasteiger partial charge in [0.15, 0.2) is 0 Å². The van der Waals surface area contributed by atoms with Crippen LogP contribution in [0.15, 0.2) is 5.38 Å². The second-order valence-electron chi connectivity index (χ2n) is 6.78. The van der Waals surface area contributed by atoms with Gasteiger partial charge >= 0.3 is 6.03 Å². The van der Waals surface area contributed by atoms with E-state index in [1.807, 2.05) is 12.3 Å². The minimum absolute atomic E-state index is 0.196. The minimum Gasteiger partial charge on any atom is -0.392 e. The van der Waals surface area contributed by atoms with Crippen molar-refractivity contribution in [3.8, 4) is 0 Å². The second kappa shape index (κ2) is 7.42. The molecule has 5 nitrogen and oxygen atoms in total. The van der Waals surface area contributed by atoms with E-state index in [2.05, 4.69) is 29.5 Å². The average molecular weight is 325 g/mol. The fourth-order valence-electron chi connectivity index (χ4n) is 2.77. The Kier molecular flexibility index (Phi) is 5.81. The van der Waals surface area contributed by atoms with Crippen molar-refractivity contribution in [3.63, 3.8) is 0 Å². The lowest BCUT2D eigenvalue weighted by molar-refractivity contribution is 0.00308. The van der Waals surface area contributed by atoms with Gasteiger partial charge in [-0.15, -0.1) is 11.3 Å². The number of aliphatic hydroxyl groups is 1. The monoisotopic (exact) mass is 325 g/mol. The topological polar surface area (TPSA) is 74.2 Å². The fraction of sp³-hybridized carbons (Fsp3) is 0.750. The Balaban J connectivity index is 1.75. The van der Waals surface area contributed by atoms with Crippen LogP contribution in [0.2, 0.25) is 0 Å². The summed E-state index contributed by atoms with van der Waals surface area (Å²) in [6.45, 7) is 7.22. The van der Waals surface area contributed by atoms with Gasteiger partial charge in [0.05, 0.1) is 23.4 Å². The largest absolute Gasteiger partial charge is 0.392 e. The number of nitrogens with one attached hydrogen (secondary N) is 2. The van der Waals surface area contributed by atoms with Gasteiger partial charge in [0.1, 0.15) is 0 Å². The number of amides is 2. The molecule has 0 aliphatic heterocycles. The van der Waals surface area contributed by atoms with Crippen LogP contribution in [0.3, 0.4) is 0 Å². The van der Waals surface area contributed by atoms with Crippen molar-refractivity contribution >= 4 is 17.4 Å². The highest BCUT2D eigenvalue weighted by molar-refractivity contribution is 7.09. The van der Waals surface area contributed by atoms with Gasteiger partial charge in [-0.25, -0.2) is 9.78 Å². The number of carbonyl (C=O) groups excluding carboxylic acids is 1. The van der Waals surface area contributed by atoms with E-state index in [1.54, 1.807) is 11.3 Å². The zero-order valence-corrected chi connectivity index (χ0v) is 14.5. The molecule has 124 valence electrons. The number of aliphatic hydroxyl groups excluding tert-OH is 1. The van der Waals surface area contributed by atoms with Crippen LogP contribution >= 0.6 is 11.3 Å². The van der Waals surface area contributed by atoms with Crippen LogP contribution in [0, 0.1) is 5.41 Å². The van der Waals surface area contributed by atoms with Crippen molar-refractivity contribution in [1.82, 2.24) is 15.6 Å². The summed E-state index contributed by atoms with van der Waals surface area (Å²) in [5.74, 6) is 0.417. The van der Waals surface area contributed by atoms with E-state index in [0.717, 1.165) is 36.4 Å². The number of hydrogen-bond acceptors (Lipinski definition) is 4. The van der Waals surface area contributed by atoms with E-state index in [1.165, 1.54) is 0 Å². The van der Waals surface area contributed by atoms with Crippen molar-refractivity contribution in [2.24, 2.45) is 5.41 Å². The molecule has 1 saturated carbocycles. The molecule has 1 aliphatic rings. The zero-order valence-electron chi connectivity index (χ0n) is 13.7. The SMILES string of the molecule is CC(C)c1nc(CNC(=O)NCC2(C)CCCCC2O)cs1. The highest BCUT2D eigenvalue weighted by Crippen LogP contribution is 2.35. The number of rotatable bonds is 5. The summed E-state index contributed by atoms with van der Waals surface area (Å²) in [6.07, 6.45) is 3.65. The lowest BCUT2D eigenvalue weighted by Crippen LogP contribution is -2.47. The van der Waals surface area contributed by atoms with E-state index in [-0.39, 0.29) is 17.6 Å². The molecule has 2 rings (SSSR count).